The highest BCUT2D eigenvalue weighted by Gasteiger charge is 2.18. The summed E-state index contributed by atoms with van der Waals surface area (Å²) in [6, 6.07) is 0. The van der Waals surface area contributed by atoms with E-state index in [4.69, 9.17) is 4.74 Å². The predicted molar refractivity (Wildman–Crippen MR) is 52.6 cm³/mol. The molecule has 0 heterocycles. The molecule has 0 aromatic heterocycles. The summed E-state index contributed by atoms with van der Waals surface area (Å²) in [5, 5.41) is 9.40. The van der Waals surface area contributed by atoms with Crippen LogP contribution in [0.25, 0.3) is 0 Å². The van der Waals surface area contributed by atoms with Gasteiger partial charge in [-0.2, -0.15) is 0 Å². The lowest BCUT2D eigenvalue weighted by Gasteiger charge is -2.25. The molecule has 0 rings (SSSR count). The monoisotopic (exact) mass is 171 g/mol. The van der Waals surface area contributed by atoms with Gasteiger partial charge in [-0.3, -0.25) is 0 Å². The molecule has 1 N–H and O–H groups in total. The lowest BCUT2D eigenvalue weighted by atomic mass is 9.65. The minimum atomic E-state index is -0.621. The first kappa shape index (κ1) is 12.0. The molecule has 1 radical (unpaired) electrons. The number of rotatable bonds is 5. The van der Waals surface area contributed by atoms with Crippen LogP contribution in [0.4, 0.5) is 0 Å². The Morgan fingerprint density at radius 3 is 2.08 bits per heavy atom. The third kappa shape index (κ3) is 6.68. The molecule has 2 nitrogen and oxygen atoms in total. The van der Waals surface area contributed by atoms with Gasteiger partial charge in [-0.25, -0.2) is 0 Å². The van der Waals surface area contributed by atoms with Gasteiger partial charge in [-0.15, -0.1) is 0 Å². The summed E-state index contributed by atoms with van der Waals surface area (Å²) in [5.41, 5.74) is -0.797. The highest BCUT2D eigenvalue weighted by atomic mass is 16.5. The van der Waals surface area contributed by atoms with Crippen LogP contribution in [0.3, 0.4) is 0 Å². The van der Waals surface area contributed by atoms with Crippen LogP contribution < -0.4 is 0 Å². The first-order chi connectivity index (χ1) is 5.27. The Hall–Kier alpha value is -0.0151. The van der Waals surface area contributed by atoms with Gasteiger partial charge in [0.25, 0.3) is 0 Å². The molecule has 0 fully saturated rings. The molecule has 0 aliphatic heterocycles. The molecule has 0 aromatic carbocycles. The van der Waals surface area contributed by atoms with Gasteiger partial charge in [-0.1, -0.05) is 6.82 Å². The lowest BCUT2D eigenvalue weighted by Crippen LogP contribution is -2.32. The SMILES string of the molecule is C[B]C(C)(C)OCCC(C)(C)O. The first-order valence-corrected chi connectivity index (χ1v) is 4.44. The highest BCUT2D eigenvalue weighted by Crippen LogP contribution is 2.12. The van der Waals surface area contributed by atoms with Crippen molar-refractivity contribution in [2.75, 3.05) is 6.61 Å². The fourth-order valence-corrected chi connectivity index (χ4v) is 0.647. The summed E-state index contributed by atoms with van der Waals surface area (Å²) in [5.74, 6) is 0. The summed E-state index contributed by atoms with van der Waals surface area (Å²) in [7, 11) is 2.01. The molecule has 0 aliphatic rings. The maximum absolute atomic E-state index is 9.40. The molecular weight excluding hydrogens is 151 g/mol. The van der Waals surface area contributed by atoms with E-state index in [0.29, 0.717) is 13.0 Å². The third-order valence-electron chi connectivity index (χ3n) is 1.88. The molecule has 0 saturated carbocycles. The summed E-state index contributed by atoms with van der Waals surface area (Å²) < 4.78 is 5.54. The zero-order valence-electron chi connectivity index (χ0n) is 8.85. The van der Waals surface area contributed by atoms with Crippen LogP contribution in [-0.4, -0.2) is 30.1 Å². The summed E-state index contributed by atoms with van der Waals surface area (Å²) in [4.78, 5) is 0. The van der Waals surface area contributed by atoms with Crippen molar-refractivity contribution in [2.24, 2.45) is 0 Å². The van der Waals surface area contributed by atoms with E-state index in [1.54, 1.807) is 13.8 Å². The lowest BCUT2D eigenvalue weighted by molar-refractivity contribution is -0.00736. The van der Waals surface area contributed by atoms with E-state index >= 15 is 0 Å². The second-order valence-corrected chi connectivity index (χ2v) is 4.30. The minimum Gasteiger partial charge on any atom is -0.390 e. The molecule has 0 amide bonds. The predicted octanol–water partition coefficient (Wildman–Crippen LogP) is 1.65. The van der Waals surface area contributed by atoms with E-state index in [-0.39, 0.29) is 5.50 Å². The van der Waals surface area contributed by atoms with Crippen molar-refractivity contribution >= 4 is 7.28 Å². The van der Waals surface area contributed by atoms with Gasteiger partial charge in [0.2, 0.25) is 0 Å². The zero-order valence-corrected chi connectivity index (χ0v) is 8.85. The topological polar surface area (TPSA) is 29.5 Å². The Balaban J connectivity index is 3.57. The fourth-order valence-electron chi connectivity index (χ4n) is 0.647. The van der Waals surface area contributed by atoms with Crippen molar-refractivity contribution in [1.82, 2.24) is 0 Å². The normalized spacial score (nSPS) is 13.2. The second-order valence-electron chi connectivity index (χ2n) is 4.30. The Morgan fingerprint density at radius 1 is 1.25 bits per heavy atom. The number of aliphatic hydroxyl groups is 1. The molecule has 3 heteroatoms. The van der Waals surface area contributed by atoms with Crippen molar-refractivity contribution in [1.29, 1.82) is 0 Å². The van der Waals surface area contributed by atoms with E-state index in [1.807, 2.05) is 28.0 Å². The molecule has 0 unspecified atom stereocenters. The van der Waals surface area contributed by atoms with E-state index in [0.717, 1.165) is 0 Å². The third-order valence-corrected chi connectivity index (χ3v) is 1.88. The minimum absolute atomic E-state index is 0.175. The van der Waals surface area contributed by atoms with Gasteiger partial charge in [-0.05, 0) is 34.1 Å². The van der Waals surface area contributed by atoms with Crippen molar-refractivity contribution in [3.63, 3.8) is 0 Å². The van der Waals surface area contributed by atoms with Gasteiger partial charge in [0.1, 0.15) is 7.28 Å². The maximum atomic E-state index is 9.40. The maximum Gasteiger partial charge on any atom is 0.149 e. The smallest absolute Gasteiger partial charge is 0.149 e. The highest BCUT2D eigenvalue weighted by molar-refractivity contribution is 6.37. The van der Waals surface area contributed by atoms with Crippen LogP contribution in [-0.2, 0) is 4.74 Å². The van der Waals surface area contributed by atoms with Gasteiger partial charge in [0, 0.05) is 12.1 Å². The molecule has 0 aromatic rings. The molecule has 71 valence electrons. The van der Waals surface area contributed by atoms with Crippen molar-refractivity contribution < 1.29 is 9.84 Å². The van der Waals surface area contributed by atoms with Gasteiger partial charge in [0.05, 0.1) is 5.60 Å². The van der Waals surface area contributed by atoms with Crippen molar-refractivity contribution in [3.8, 4) is 0 Å². The average molecular weight is 171 g/mol. The van der Waals surface area contributed by atoms with E-state index in [9.17, 15) is 5.11 Å². The molecule has 12 heavy (non-hydrogen) atoms. The Morgan fingerprint density at radius 2 is 1.75 bits per heavy atom. The first-order valence-electron chi connectivity index (χ1n) is 4.44. The van der Waals surface area contributed by atoms with Crippen molar-refractivity contribution in [3.05, 3.63) is 0 Å². The largest absolute Gasteiger partial charge is 0.390 e. The van der Waals surface area contributed by atoms with Crippen LogP contribution in [0.5, 0.6) is 0 Å². The molecule has 0 spiro atoms. The molecule has 0 bridgehead atoms. The van der Waals surface area contributed by atoms with Crippen LogP contribution >= 0.6 is 0 Å². The van der Waals surface area contributed by atoms with E-state index in [2.05, 4.69) is 0 Å². The molecule has 0 atom stereocenters. The Labute approximate surface area is 76.6 Å². The Kier molecular flexibility index (Phi) is 4.28. The summed E-state index contributed by atoms with van der Waals surface area (Å²) >= 11 is 0. The standard InChI is InChI=1S/C9H20BO2/c1-8(2,11)6-7-12-9(3,4)10-5/h11H,6-7H2,1-5H3. The van der Waals surface area contributed by atoms with Crippen molar-refractivity contribution in [2.45, 2.75) is 52.0 Å². The van der Waals surface area contributed by atoms with Gasteiger partial charge < -0.3 is 9.84 Å². The molecular formula is C9H20BO2. The zero-order chi connectivity index (χ0) is 9.83. The number of hydrogen-bond donors (Lipinski definition) is 1. The summed E-state index contributed by atoms with van der Waals surface area (Å²) in [6.45, 7) is 10.2. The molecule has 0 aliphatic carbocycles. The summed E-state index contributed by atoms with van der Waals surface area (Å²) in [6.07, 6.45) is 0.671. The Bertz CT molecular complexity index is 127. The van der Waals surface area contributed by atoms with Gasteiger partial charge >= 0.3 is 0 Å². The molecule has 0 saturated heterocycles. The average Bonchev–Trinajstić information content (AvgIpc) is 1.84. The van der Waals surface area contributed by atoms with Crippen LogP contribution in [0.2, 0.25) is 6.82 Å². The fraction of sp³-hybridized carbons (Fsp3) is 1.00. The van der Waals surface area contributed by atoms with Crippen LogP contribution in [0.1, 0.15) is 34.1 Å². The van der Waals surface area contributed by atoms with E-state index < -0.39 is 5.60 Å². The second kappa shape index (κ2) is 4.29. The quantitative estimate of drug-likeness (QED) is 0.637. The number of ether oxygens (including phenoxy) is 1. The number of hydrogen-bond acceptors (Lipinski definition) is 2. The van der Waals surface area contributed by atoms with E-state index in [1.165, 1.54) is 0 Å². The van der Waals surface area contributed by atoms with Crippen LogP contribution in [0.15, 0.2) is 0 Å². The van der Waals surface area contributed by atoms with Crippen LogP contribution in [0, 0.1) is 0 Å². The van der Waals surface area contributed by atoms with Gasteiger partial charge in [0.15, 0.2) is 0 Å².